The maximum absolute atomic E-state index is 12.8. The Morgan fingerprint density at radius 3 is 2.37 bits per heavy atom. The molecule has 0 bridgehead atoms. The summed E-state index contributed by atoms with van der Waals surface area (Å²) in [6, 6.07) is 11.8. The molecule has 4 aromatic rings. The van der Waals surface area contributed by atoms with Gasteiger partial charge in [0.25, 0.3) is 0 Å². The average molecular weight is 481 g/mol. The van der Waals surface area contributed by atoms with Crippen molar-refractivity contribution < 1.29 is 22.7 Å². The van der Waals surface area contributed by atoms with Gasteiger partial charge < -0.3 is 20.4 Å². The predicted octanol–water partition coefficient (Wildman–Crippen LogP) is 4.94. The standard InChI is InChI=1S/C25H22F3N5O2/c1-14(34)32-17-6-11-20-21(22-23(29)30-13-31-24(22)33(20)12-17)15-2-7-18(8-3-15)35-19-9-4-16(5-10-19)25(26,27)28/h2-5,7-10,13,17H,6,11-12H2,1H3,(H,32,34)(H2,29,30,31)/t17-/m1/s1. The Kier molecular flexibility index (Phi) is 5.58. The number of nitrogens with one attached hydrogen (secondary N) is 1. The number of anilines is 1. The molecule has 5 rings (SSSR count). The topological polar surface area (TPSA) is 95.1 Å². The maximum atomic E-state index is 12.8. The predicted molar refractivity (Wildman–Crippen MR) is 125 cm³/mol. The number of carbonyl (C=O) groups is 1. The van der Waals surface area contributed by atoms with Crippen LogP contribution < -0.4 is 15.8 Å². The summed E-state index contributed by atoms with van der Waals surface area (Å²) in [5.41, 5.74) is 9.12. The Morgan fingerprint density at radius 2 is 1.74 bits per heavy atom. The SMILES string of the molecule is CC(=O)N[C@@H]1CCc2c(-c3ccc(Oc4ccc(C(F)(F)F)cc4)cc3)c3c(N)ncnc3n2C1. The van der Waals surface area contributed by atoms with Crippen molar-refractivity contribution in [3.63, 3.8) is 0 Å². The monoisotopic (exact) mass is 481 g/mol. The van der Waals surface area contributed by atoms with Crippen molar-refractivity contribution in [2.75, 3.05) is 5.73 Å². The zero-order valence-electron chi connectivity index (χ0n) is 18.8. The number of carbonyl (C=O) groups excluding carboxylic acids is 1. The Labute approximate surface area is 198 Å². The van der Waals surface area contributed by atoms with Crippen LogP contribution in [0.1, 0.15) is 24.6 Å². The van der Waals surface area contributed by atoms with Gasteiger partial charge in [-0.3, -0.25) is 4.79 Å². The molecule has 3 N–H and O–H groups in total. The van der Waals surface area contributed by atoms with E-state index in [1.54, 1.807) is 12.1 Å². The molecular formula is C25H22F3N5O2. The molecule has 0 radical (unpaired) electrons. The minimum Gasteiger partial charge on any atom is -0.457 e. The van der Waals surface area contributed by atoms with Crippen molar-refractivity contribution in [2.45, 2.75) is 38.5 Å². The Morgan fingerprint density at radius 1 is 1.09 bits per heavy atom. The van der Waals surface area contributed by atoms with E-state index in [0.717, 1.165) is 47.2 Å². The Balaban J connectivity index is 1.47. The van der Waals surface area contributed by atoms with Gasteiger partial charge in [-0.1, -0.05) is 12.1 Å². The van der Waals surface area contributed by atoms with Crippen molar-refractivity contribution in [1.82, 2.24) is 19.9 Å². The number of nitrogens with two attached hydrogens (primary N) is 1. The number of aromatic nitrogens is 3. The van der Waals surface area contributed by atoms with E-state index in [9.17, 15) is 18.0 Å². The number of alkyl halides is 3. The van der Waals surface area contributed by atoms with Gasteiger partial charge in [-0.25, -0.2) is 9.97 Å². The number of ether oxygens (including phenoxy) is 1. The first-order chi connectivity index (χ1) is 16.7. The summed E-state index contributed by atoms with van der Waals surface area (Å²) in [4.78, 5) is 20.2. The fourth-order valence-electron chi connectivity index (χ4n) is 4.57. The summed E-state index contributed by atoms with van der Waals surface area (Å²) in [5.74, 6) is 1.08. The molecule has 1 atom stereocenters. The molecule has 1 aliphatic rings. The van der Waals surface area contributed by atoms with Crippen LogP contribution in [0, 0.1) is 0 Å². The lowest BCUT2D eigenvalue weighted by Crippen LogP contribution is -2.39. The van der Waals surface area contributed by atoms with E-state index in [4.69, 9.17) is 10.5 Å². The zero-order chi connectivity index (χ0) is 24.7. The third kappa shape index (κ3) is 4.39. The summed E-state index contributed by atoms with van der Waals surface area (Å²) in [6.45, 7) is 2.08. The van der Waals surface area contributed by atoms with Crippen LogP contribution in [0.3, 0.4) is 0 Å². The highest BCUT2D eigenvalue weighted by atomic mass is 19.4. The van der Waals surface area contributed by atoms with Crippen LogP contribution in [0.15, 0.2) is 54.9 Å². The van der Waals surface area contributed by atoms with Crippen LogP contribution in [-0.4, -0.2) is 26.5 Å². The number of fused-ring (bicyclic) bond motifs is 3. The van der Waals surface area contributed by atoms with E-state index in [2.05, 4.69) is 19.9 Å². The fraction of sp³-hybridized carbons (Fsp3) is 0.240. The van der Waals surface area contributed by atoms with Gasteiger partial charge in [-0.15, -0.1) is 0 Å². The van der Waals surface area contributed by atoms with Gasteiger partial charge in [0.1, 0.15) is 29.3 Å². The maximum Gasteiger partial charge on any atom is 0.416 e. The van der Waals surface area contributed by atoms with Gasteiger partial charge in [0.15, 0.2) is 0 Å². The number of hydrogen-bond acceptors (Lipinski definition) is 5. The number of nitrogens with zero attached hydrogens (tertiary/aromatic N) is 3. The van der Waals surface area contributed by atoms with Crippen LogP contribution >= 0.6 is 0 Å². The average Bonchev–Trinajstić information content (AvgIpc) is 3.14. The molecule has 3 heterocycles. The third-order valence-corrected chi connectivity index (χ3v) is 6.08. The van der Waals surface area contributed by atoms with Crippen molar-refractivity contribution in [1.29, 1.82) is 0 Å². The second kappa shape index (κ2) is 8.61. The van der Waals surface area contributed by atoms with E-state index in [1.807, 2.05) is 12.1 Å². The van der Waals surface area contributed by atoms with E-state index in [0.29, 0.717) is 29.5 Å². The Bertz CT molecular complexity index is 1400. The Hall–Kier alpha value is -4.08. The lowest BCUT2D eigenvalue weighted by atomic mass is 9.97. The second-order valence-electron chi connectivity index (χ2n) is 8.47. The molecule has 180 valence electrons. The minimum atomic E-state index is -4.40. The minimum absolute atomic E-state index is 0.000787. The summed E-state index contributed by atoms with van der Waals surface area (Å²) >= 11 is 0. The zero-order valence-corrected chi connectivity index (χ0v) is 18.8. The summed E-state index contributed by atoms with van der Waals surface area (Å²) < 4.78 is 46.2. The van der Waals surface area contributed by atoms with Gasteiger partial charge in [0, 0.05) is 30.8 Å². The quantitative estimate of drug-likeness (QED) is 0.431. The molecule has 10 heteroatoms. The van der Waals surface area contributed by atoms with Crippen LogP contribution in [0.25, 0.3) is 22.2 Å². The summed E-state index contributed by atoms with van der Waals surface area (Å²) in [5, 5.41) is 3.73. The van der Waals surface area contributed by atoms with Crippen molar-refractivity contribution in [3.8, 4) is 22.6 Å². The van der Waals surface area contributed by atoms with E-state index in [-0.39, 0.29) is 11.9 Å². The van der Waals surface area contributed by atoms with Gasteiger partial charge in [-0.05, 0) is 54.8 Å². The summed E-state index contributed by atoms with van der Waals surface area (Å²) in [6.07, 6.45) is -1.46. The molecule has 1 amide bonds. The highest BCUT2D eigenvalue weighted by molar-refractivity contribution is 6.02. The third-order valence-electron chi connectivity index (χ3n) is 6.08. The number of nitrogen functional groups attached to an aromatic ring is 1. The first-order valence-electron chi connectivity index (χ1n) is 11.0. The van der Waals surface area contributed by atoms with Gasteiger partial charge in [-0.2, -0.15) is 13.2 Å². The molecule has 7 nitrogen and oxygen atoms in total. The smallest absolute Gasteiger partial charge is 0.416 e. The van der Waals surface area contributed by atoms with E-state index >= 15 is 0 Å². The highest BCUT2D eigenvalue weighted by Crippen LogP contribution is 2.40. The van der Waals surface area contributed by atoms with E-state index in [1.165, 1.54) is 25.4 Å². The molecule has 35 heavy (non-hydrogen) atoms. The molecule has 0 saturated carbocycles. The molecule has 0 spiro atoms. The molecule has 2 aromatic heterocycles. The number of halogens is 3. The first-order valence-corrected chi connectivity index (χ1v) is 11.0. The number of rotatable bonds is 4. The largest absolute Gasteiger partial charge is 0.457 e. The van der Waals surface area contributed by atoms with Crippen molar-refractivity contribution in [2.24, 2.45) is 0 Å². The second-order valence-corrected chi connectivity index (χ2v) is 8.47. The molecule has 0 saturated heterocycles. The normalized spacial score (nSPS) is 15.6. The first kappa shape index (κ1) is 22.7. The fourth-order valence-corrected chi connectivity index (χ4v) is 4.57. The lowest BCUT2D eigenvalue weighted by molar-refractivity contribution is -0.137. The molecule has 2 aromatic carbocycles. The van der Waals surface area contributed by atoms with Gasteiger partial charge in [0.2, 0.25) is 5.91 Å². The number of benzene rings is 2. The van der Waals surface area contributed by atoms with Crippen LogP contribution in [0.5, 0.6) is 11.5 Å². The molecule has 0 unspecified atom stereocenters. The molecule has 0 aliphatic carbocycles. The van der Waals surface area contributed by atoms with Crippen molar-refractivity contribution >= 4 is 22.8 Å². The van der Waals surface area contributed by atoms with Gasteiger partial charge in [0.05, 0.1) is 10.9 Å². The molecule has 0 fully saturated rings. The number of hydrogen-bond donors (Lipinski definition) is 2. The van der Waals surface area contributed by atoms with Crippen LogP contribution in [-0.2, 0) is 23.9 Å². The van der Waals surface area contributed by atoms with Crippen molar-refractivity contribution in [3.05, 3.63) is 66.1 Å². The van der Waals surface area contributed by atoms with E-state index < -0.39 is 11.7 Å². The van der Waals surface area contributed by atoms with Crippen LogP contribution in [0.2, 0.25) is 0 Å². The number of amides is 1. The highest BCUT2D eigenvalue weighted by Gasteiger charge is 2.30. The summed E-state index contributed by atoms with van der Waals surface area (Å²) in [7, 11) is 0. The molecular weight excluding hydrogens is 459 g/mol. The lowest BCUT2D eigenvalue weighted by Gasteiger charge is -2.26. The molecule has 1 aliphatic heterocycles. The van der Waals surface area contributed by atoms with Crippen LogP contribution in [0.4, 0.5) is 19.0 Å². The van der Waals surface area contributed by atoms with Gasteiger partial charge >= 0.3 is 6.18 Å².